The Kier molecular flexibility index (Phi) is 6.10. The molecule has 0 radical (unpaired) electrons. The molecule has 0 aliphatic carbocycles. The van der Waals surface area contributed by atoms with Crippen molar-refractivity contribution in [1.82, 2.24) is 30.2 Å². The molecule has 1 aromatic carbocycles. The fourth-order valence-corrected chi connectivity index (χ4v) is 2.73. The third-order valence-corrected chi connectivity index (χ3v) is 4.34. The lowest BCUT2D eigenvalue weighted by molar-refractivity contribution is 0.0616. The van der Waals surface area contributed by atoms with Crippen molar-refractivity contribution < 1.29 is 5.11 Å². The molecule has 0 bridgehead atoms. The maximum absolute atomic E-state index is 10.7. The summed E-state index contributed by atoms with van der Waals surface area (Å²) in [5, 5.41) is 25.8. The van der Waals surface area contributed by atoms with Crippen LogP contribution >= 0.6 is 0 Å². The fraction of sp³-hybridized carbons (Fsp3) is 0.350. The van der Waals surface area contributed by atoms with Crippen molar-refractivity contribution in [3.8, 4) is 5.69 Å². The maximum atomic E-state index is 10.7. The van der Waals surface area contributed by atoms with E-state index in [0.717, 1.165) is 23.5 Å². The molecule has 28 heavy (non-hydrogen) atoms. The molecule has 2 heterocycles. The summed E-state index contributed by atoms with van der Waals surface area (Å²) in [4.78, 5) is 4.58. The van der Waals surface area contributed by atoms with Crippen LogP contribution in [0.25, 0.3) is 5.69 Å². The van der Waals surface area contributed by atoms with E-state index in [1.165, 1.54) is 0 Å². The Balaban J connectivity index is 1.63. The van der Waals surface area contributed by atoms with Gasteiger partial charge >= 0.3 is 0 Å². The molecule has 8 nitrogen and oxygen atoms in total. The molecule has 148 valence electrons. The van der Waals surface area contributed by atoms with Crippen molar-refractivity contribution in [2.45, 2.75) is 26.0 Å². The summed E-state index contributed by atoms with van der Waals surface area (Å²) >= 11 is 0. The monoisotopic (exact) mass is 381 g/mol. The van der Waals surface area contributed by atoms with E-state index in [1.54, 1.807) is 17.8 Å². The molecule has 3 rings (SSSR count). The van der Waals surface area contributed by atoms with Gasteiger partial charge in [-0.2, -0.15) is 10.2 Å². The van der Waals surface area contributed by atoms with Crippen molar-refractivity contribution in [2.24, 2.45) is 12.0 Å². The van der Waals surface area contributed by atoms with E-state index in [2.05, 4.69) is 25.8 Å². The van der Waals surface area contributed by atoms with E-state index >= 15 is 0 Å². The number of aromatic nitrogens is 4. The van der Waals surface area contributed by atoms with E-state index < -0.39 is 5.60 Å². The molecular formula is C20H27N7O. The van der Waals surface area contributed by atoms with Crippen LogP contribution in [0.2, 0.25) is 0 Å². The summed E-state index contributed by atoms with van der Waals surface area (Å²) < 4.78 is 3.50. The van der Waals surface area contributed by atoms with Crippen LogP contribution in [0.1, 0.15) is 25.1 Å². The number of aryl methyl sites for hydroxylation is 1. The summed E-state index contributed by atoms with van der Waals surface area (Å²) in [5.41, 5.74) is 1.56. The van der Waals surface area contributed by atoms with Crippen LogP contribution in [0.5, 0.6) is 0 Å². The number of aliphatic hydroxyl groups is 1. The predicted molar refractivity (Wildman–Crippen MR) is 109 cm³/mol. The van der Waals surface area contributed by atoms with Gasteiger partial charge in [0.1, 0.15) is 5.60 Å². The maximum Gasteiger partial charge on any atom is 0.191 e. The average Bonchev–Trinajstić information content (AvgIpc) is 3.34. The lowest BCUT2D eigenvalue weighted by Crippen LogP contribution is -2.44. The number of guanidine groups is 1. The minimum atomic E-state index is -1.06. The molecule has 1 unspecified atom stereocenters. The highest BCUT2D eigenvalue weighted by atomic mass is 16.3. The summed E-state index contributed by atoms with van der Waals surface area (Å²) in [5.74, 6) is 0.626. The van der Waals surface area contributed by atoms with Crippen molar-refractivity contribution in [1.29, 1.82) is 0 Å². The number of hydrogen-bond donors (Lipinski definition) is 3. The highest BCUT2D eigenvalue weighted by molar-refractivity contribution is 5.79. The van der Waals surface area contributed by atoms with Gasteiger partial charge in [-0.3, -0.25) is 4.68 Å². The third-order valence-electron chi connectivity index (χ3n) is 4.34. The first-order chi connectivity index (χ1) is 13.5. The van der Waals surface area contributed by atoms with Crippen LogP contribution in [0.15, 0.2) is 60.0 Å². The second-order valence-electron chi connectivity index (χ2n) is 6.81. The van der Waals surface area contributed by atoms with Crippen molar-refractivity contribution in [3.63, 3.8) is 0 Å². The second-order valence-corrected chi connectivity index (χ2v) is 6.81. The standard InChI is InChI=1S/C20H27N7O/c1-4-21-19(23-15-20(2,28)16-12-24-26(3)14-16)22-13-17-10-11-27(25-17)18-8-6-5-7-9-18/h5-12,14,28H,4,13,15H2,1-3H3,(H2,21,22,23). The van der Waals surface area contributed by atoms with Crippen LogP contribution in [0, 0.1) is 0 Å². The van der Waals surface area contributed by atoms with Crippen LogP contribution in [0.4, 0.5) is 0 Å². The molecule has 0 fully saturated rings. The Labute approximate surface area is 164 Å². The zero-order valence-corrected chi connectivity index (χ0v) is 16.5. The first-order valence-electron chi connectivity index (χ1n) is 9.31. The smallest absolute Gasteiger partial charge is 0.191 e. The van der Waals surface area contributed by atoms with E-state index in [1.807, 2.05) is 67.4 Å². The average molecular weight is 381 g/mol. The van der Waals surface area contributed by atoms with Gasteiger partial charge in [0.2, 0.25) is 0 Å². The Bertz CT molecular complexity index is 912. The summed E-state index contributed by atoms with van der Waals surface area (Å²) in [6, 6.07) is 11.9. The fourth-order valence-electron chi connectivity index (χ4n) is 2.73. The Morgan fingerprint density at radius 2 is 2.00 bits per heavy atom. The zero-order valence-electron chi connectivity index (χ0n) is 16.5. The second kappa shape index (κ2) is 8.71. The number of para-hydroxylation sites is 1. The van der Waals surface area contributed by atoms with Crippen molar-refractivity contribution in [3.05, 3.63) is 66.2 Å². The predicted octanol–water partition coefficient (Wildman–Crippen LogP) is 1.57. The molecule has 0 saturated carbocycles. The van der Waals surface area contributed by atoms with E-state index in [4.69, 9.17) is 0 Å². The summed E-state index contributed by atoms with van der Waals surface area (Å²) in [6.07, 6.45) is 5.40. The van der Waals surface area contributed by atoms with Crippen LogP contribution < -0.4 is 10.6 Å². The quantitative estimate of drug-likeness (QED) is 0.427. The van der Waals surface area contributed by atoms with Crippen molar-refractivity contribution in [2.75, 3.05) is 13.1 Å². The molecule has 3 aromatic rings. The molecule has 0 aliphatic heterocycles. The summed E-state index contributed by atoms with van der Waals surface area (Å²) in [7, 11) is 1.83. The number of hydrogen-bond acceptors (Lipinski definition) is 4. The molecule has 0 saturated heterocycles. The highest BCUT2D eigenvalue weighted by Crippen LogP contribution is 2.18. The number of aliphatic imine (C=N–C) groups is 1. The van der Waals surface area contributed by atoms with Gasteiger partial charge < -0.3 is 15.7 Å². The number of nitrogens with zero attached hydrogens (tertiary/aromatic N) is 5. The van der Waals surface area contributed by atoms with Gasteiger partial charge in [0, 0.05) is 31.5 Å². The molecule has 0 aliphatic rings. The van der Waals surface area contributed by atoms with Gasteiger partial charge in [-0.25, -0.2) is 9.67 Å². The van der Waals surface area contributed by atoms with Crippen LogP contribution in [-0.2, 0) is 19.2 Å². The van der Waals surface area contributed by atoms with Gasteiger partial charge in [-0.05, 0) is 32.0 Å². The topological polar surface area (TPSA) is 92.3 Å². The molecule has 3 N–H and O–H groups in total. The number of benzene rings is 1. The Hall–Kier alpha value is -3.13. The number of nitrogens with one attached hydrogen (secondary N) is 2. The largest absolute Gasteiger partial charge is 0.383 e. The van der Waals surface area contributed by atoms with Gasteiger partial charge in [-0.15, -0.1) is 0 Å². The molecule has 2 aromatic heterocycles. The third kappa shape index (κ3) is 4.98. The molecular weight excluding hydrogens is 354 g/mol. The minimum absolute atomic E-state index is 0.309. The van der Waals surface area contributed by atoms with Crippen molar-refractivity contribution >= 4 is 5.96 Å². The van der Waals surface area contributed by atoms with E-state index in [0.29, 0.717) is 19.0 Å². The van der Waals surface area contributed by atoms with Gasteiger partial charge in [-0.1, -0.05) is 18.2 Å². The molecule has 1 atom stereocenters. The zero-order chi connectivity index (χ0) is 20.0. The van der Waals surface area contributed by atoms with Gasteiger partial charge in [0.25, 0.3) is 0 Å². The van der Waals surface area contributed by atoms with Gasteiger partial charge in [0.15, 0.2) is 5.96 Å². The number of rotatable bonds is 7. The Morgan fingerprint density at radius 3 is 2.68 bits per heavy atom. The first-order valence-corrected chi connectivity index (χ1v) is 9.31. The highest BCUT2D eigenvalue weighted by Gasteiger charge is 2.25. The summed E-state index contributed by atoms with van der Waals surface area (Å²) in [6.45, 7) is 5.22. The van der Waals surface area contributed by atoms with Crippen LogP contribution in [-0.4, -0.2) is 43.7 Å². The molecule has 0 amide bonds. The Morgan fingerprint density at radius 1 is 1.21 bits per heavy atom. The molecule has 8 heteroatoms. The van der Waals surface area contributed by atoms with E-state index in [-0.39, 0.29) is 0 Å². The first kappa shape index (κ1) is 19.6. The normalized spacial score (nSPS) is 13.9. The minimum Gasteiger partial charge on any atom is -0.383 e. The SMILES string of the molecule is CCNC(=NCc1ccn(-c2ccccc2)n1)NCC(C)(O)c1cnn(C)c1. The molecule has 0 spiro atoms. The van der Waals surface area contributed by atoms with Crippen LogP contribution in [0.3, 0.4) is 0 Å². The van der Waals surface area contributed by atoms with Gasteiger partial charge in [0.05, 0.1) is 30.7 Å². The van der Waals surface area contributed by atoms with E-state index in [9.17, 15) is 5.11 Å². The lowest BCUT2D eigenvalue weighted by atomic mass is 10.00. The lowest BCUT2D eigenvalue weighted by Gasteiger charge is -2.23.